The summed E-state index contributed by atoms with van der Waals surface area (Å²) in [4.78, 5) is 10.1. The summed E-state index contributed by atoms with van der Waals surface area (Å²) in [7, 11) is 1.71. The number of ether oxygens (including phenoxy) is 1. The molecule has 0 aromatic carbocycles. The maximum absolute atomic E-state index is 5.54. The highest BCUT2D eigenvalue weighted by Gasteiger charge is 2.08. The number of methoxy groups -OCH3 is 1. The molecule has 4 nitrogen and oxygen atoms in total. The second kappa shape index (κ2) is 11.4. The Bertz CT molecular complexity index is 947. The molecule has 4 heteroatoms. The molecule has 0 aliphatic carbocycles. The van der Waals surface area contributed by atoms with Crippen LogP contribution in [0.4, 0.5) is 0 Å². The van der Waals surface area contributed by atoms with Crippen molar-refractivity contribution in [2.45, 2.75) is 64.7 Å². The predicted molar refractivity (Wildman–Crippen MR) is 122 cm³/mol. The molecule has 0 unspecified atom stereocenters. The maximum Gasteiger partial charge on any atom is 0.144 e. The van der Waals surface area contributed by atoms with Crippen LogP contribution in [0.25, 0.3) is 23.5 Å². The molecule has 0 spiro atoms. The van der Waals surface area contributed by atoms with Crippen LogP contribution in [0.1, 0.15) is 70.4 Å². The SMILES string of the molecule is CCCCCCCCCCC=c1ccc(=Cc2[nH]c(-c3ccc[nH]3)cc2OC)[nH]1. The van der Waals surface area contributed by atoms with Crippen molar-refractivity contribution in [3.63, 3.8) is 0 Å². The third kappa shape index (κ3) is 6.45. The Morgan fingerprint density at radius 2 is 1.62 bits per heavy atom. The summed E-state index contributed by atoms with van der Waals surface area (Å²) in [5, 5.41) is 2.26. The van der Waals surface area contributed by atoms with Crippen molar-refractivity contribution in [3.8, 4) is 17.1 Å². The third-order valence-electron chi connectivity index (χ3n) is 5.37. The van der Waals surface area contributed by atoms with Crippen LogP contribution >= 0.6 is 0 Å². The monoisotopic (exact) mass is 393 g/mol. The van der Waals surface area contributed by atoms with Gasteiger partial charge in [-0.2, -0.15) is 0 Å². The lowest BCUT2D eigenvalue weighted by molar-refractivity contribution is 0.414. The summed E-state index contributed by atoms with van der Waals surface area (Å²) in [5.41, 5.74) is 3.04. The van der Waals surface area contributed by atoms with E-state index in [2.05, 4.69) is 46.2 Å². The molecule has 3 aromatic rings. The Hall–Kier alpha value is -2.62. The molecule has 156 valence electrons. The molecule has 0 aliphatic heterocycles. The van der Waals surface area contributed by atoms with Crippen molar-refractivity contribution in [2.24, 2.45) is 0 Å². The lowest BCUT2D eigenvalue weighted by Gasteiger charge is -1.99. The van der Waals surface area contributed by atoms with E-state index in [0.29, 0.717) is 0 Å². The lowest BCUT2D eigenvalue weighted by atomic mass is 10.1. The fraction of sp³-hybridized carbons (Fsp3) is 0.440. The third-order valence-corrected chi connectivity index (χ3v) is 5.37. The summed E-state index contributed by atoms with van der Waals surface area (Å²) in [6.45, 7) is 2.27. The minimum Gasteiger partial charge on any atom is -0.494 e. The maximum atomic E-state index is 5.54. The molecule has 0 amide bonds. The molecule has 0 aliphatic rings. The smallest absolute Gasteiger partial charge is 0.144 e. The Balaban J connectivity index is 1.54. The molecule has 0 radical (unpaired) electrons. The molecule has 0 fully saturated rings. The summed E-state index contributed by atoms with van der Waals surface area (Å²) in [6, 6.07) is 10.3. The van der Waals surface area contributed by atoms with Gasteiger partial charge in [0, 0.05) is 23.0 Å². The van der Waals surface area contributed by atoms with E-state index in [1.54, 1.807) is 7.11 Å². The van der Waals surface area contributed by atoms with Crippen LogP contribution in [0.3, 0.4) is 0 Å². The minimum atomic E-state index is 0.841. The standard InChI is InChI=1S/C25H35N3O/c1-3-4-5-6-7-8-9-10-11-13-20-15-16-21(27-20)18-24-25(29-2)19-23(28-24)22-14-12-17-26-22/h12-19,26-28H,3-11H2,1-2H3. The Kier molecular flexibility index (Phi) is 8.29. The van der Waals surface area contributed by atoms with Crippen LogP contribution in [0.2, 0.25) is 0 Å². The molecular weight excluding hydrogens is 358 g/mol. The Morgan fingerprint density at radius 1 is 0.862 bits per heavy atom. The molecule has 0 atom stereocenters. The number of aromatic amines is 3. The van der Waals surface area contributed by atoms with Gasteiger partial charge in [0.2, 0.25) is 0 Å². The summed E-state index contributed by atoms with van der Waals surface area (Å²) >= 11 is 0. The van der Waals surface area contributed by atoms with Gasteiger partial charge in [0.1, 0.15) is 5.75 Å². The number of nitrogens with one attached hydrogen (secondary N) is 3. The predicted octanol–water partition coefficient (Wildman–Crippen LogP) is 5.49. The van der Waals surface area contributed by atoms with Gasteiger partial charge >= 0.3 is 0 Å². The molecular formula is C25H35N3O. The number of hydrogen-bond donors (Lipinski definition) is 3. The quantitative estimate of drug-likeness (QED) is 0.350. The van der Waals surface area contributed by atoms with Gasteiger partial charge in [0.15, 0.2) is 0 Å². The van der Waals surface area contributed by atoms with Crippen LogP contribution in [0.15, 0.2) is 36.5 Å². The number of H-pyrrole nitrogens is 3. The fourth-order valence-corrected chi connectivity index (χ4v) is 3.69. The minimum absolute atomic E-state index is 0.841. The molecule has 29 heavy (non-hydrogen) atoms. The van der Waals surface area contributed by atoms with E-state index < -0.39 is 0 Å². The van der Waals surface area contributed by atoms with Crippen LogP contribution in [-0.4, -0.2) is 22.1 Å². The van der Waals surface area contributed by atoms with E-state index in [9.17, 15) is 0 Å². The average Bonchev–Trinajstić information content (AvgIpc) is 3.48. The largest absolute Gasteiger partial charge is 0.494 e. The zero-order valence-corrected chi connectivity index (χ0v) is 17.9. The zero-order valence-electron chi connectivity index (χ0n) is 17.9. The number of aromatic nitrogens is 3. The van der Waals surface area contributed by atoms with E-state index in [0.717, 1.165) is 34.6 Å². The number of hydrogen-bond acceptors (Lipinski definition) is 1. The van der Waals surface area contributed by atoms with Gasteiger partial charge in [-0.1, -0.05) is 57.9 Å². The van der Waals surface area contributed by atoms with Crippen molar-refractivity contribution < 1.29 is 4.74 Å². The van der Waals surface area contributed by atoms with Crippen molar-refractivity contribution in [3.05, 3.63) is 52.9 Å². The first-order chi connectivity index (χ1) is 14.3. The first-order valence-electron chi connectivity index (χ1n) is 11.1. The van der Waals surface area contributed by atoms with Crippen LogP contribution in [0.5, 0.6) is 5.75 Å². The first-order valence-corrected chi connectivity index (χ1v) is 11.1. The molecule has 0 saturated heterocycles. The summed E-state index contributed by atoms with van der Waals surface area (Å²) in [6.07, 6.45) is 18.4. The van der Waals surface area contributed by atoms with Crippen molar-refractivity contribution >= 4 is 12.2 Å². The Morgan fingerprint density at radius 3 is 2.34 bits per heavy atom. The topological polar surface area (TPSA) is 56.6 Å². The average molecular weight is 394 g/mol. The highest BCUT2D eigenvalue weighted by Crippen LogP contribution is 2.26. The highest BCUT2D eigenvalue weighted by molar-refractivity contribution is 5.65. The molecule has 3 rings (SSSR count). The van der Waals surface area contributed by atoms with Gasteiger partial charge in [-0.05, 0) is 43.2 Å². The molecule has 0 bridgehead atoms. The zero-order chi connectivity index (χ0) is 20.3. The van der Waals surface area contributed by atoms with E-state index in [1.807, 2.05) is 24.4 Å². The number of unbranched alkanes of at least 4 members (excludes halogenated alkanes) is 8. The van der Waals surface area contributed by atoms with Crippen LogP contribution in [0, 0.1) is 0 Å². The van der Waals surface area contributed by atoms with Crippen LogP contribution in [-0.2, 0) is 0 Å². The van der Waals surface area contributed by atoms with Gasteiger partial charge in [0.05, 0.1) is 24.2 Å². The normalized spacial score (nSPS) is 12.8. The lowest BCUT2D eigenvalue weighted by Crippen LogP contribution is -2.09. The van der Waals surface area contributed by atoms with Gasteiger partial charge in [-0.3, -0.25) is 0 Å². The van der Waals surface area contributed by atoms with Gasteiger partial charge in [0.25, 0.3) is 0 Å². The molecule has 0 saturated carbocycles. The summed E-state index contributed by atoms with van der Waals surface area (Å²) < 4.78 is 5.54. The van der Waals surface area contributed by atoms with Crippen molar-refractivity contribution in [1.82, 2.24) is 15.0 Å². The second-order valence-corrected chi connectivity index (χ2v) is 7.73. The summed E-state index contributed by atoms with van der Waals surface area (Å²) in [5.74, 6) is 0.841. The van der Waals surface area contributed by atoms with E-state index in [4.69, 9.17) is 4.74 Å². The van der Waals surface area contributed by atoms with Crippen LogP contribution < -0.4 is 15.4 Å². The van der Waals surface area contributed by atoms with Gasteiger partial charge in [-0.15, -0.1) is 0 Å². The van der Waals surface area contributed by atoms with E-state index in [-0.39, 0.29) is 0 Å². The molecule has 3 N–H and O–H groups in total. The molecule has 3 aromatic heterocycles. The number of rotatable bonds is 12. The van der Waals surface area contributed by atoms with Crippen molar-refractivity contribution in [1.29, 1.82) is 0 Å². The van der Waals surface area contributed by atoms with E-state index in [1.165, 1.54) is 56.7 Å². The Labute approximate surface area is 174 Å². The molecule has 3 heterocycles. The first kappa shape index (κ1) is 21.1. The van der Waals surface area contributed by atoms with Gasteiger partial charge in [-0.25, -0.2) is 0 Å². The van der Waals surface area contributed by atoms with Crippen molar-refractivity contribution in [2.75, 3.05) is 7.11 Å². The second-order valence-electron chi connectivity index (χ2n) is 7.73. The van der Waals surface area contributed by atoms with Gasteiger partial charge < -0.3 is 19.7 Å². The highest BCUT2D eigenvalue weighted by atomic mass is 16.5. The fourth-order valence-electron chi connectivity index (χ4n) is 3.69. The van der Waals surface area contributed by atoms with E-state index >= 15 is 0 Å².